The Morgan fingerprint density at radius 1 is 1.00 bits per heavy atom. The van der Waals surface area contributed by atoms with Gasteiger partial charge < -0.3 is 0 Å². The smallest absolute Gasteiger partial charge is 0.207 e. The third-order valence-electron chi connectivity index (χ3n) is 2.69. The maximum absolute atomic E-state index is 13.3. The Morgan fingerprint density at radius 2 is 1.69 bits per heavy atom. The van der Waals surface area contributed by atoms with E-state index in [9.17, 15) is 8.78 Å². The predicted octanol–water partition coefficient (Wildman–Crippen LogP) is 4.24. The number of benzene rings is 2. The standard InChI is InChI=1S/C14H13F2/c1-2-14(15,16)10-12-8-5-7-11-6-3-4-9-13(11)12/h3-9H,1-2,10H2. The van der Waals surface area contributed by atoms with Crippen molar-refractivity contribution >= 4 is 10.8 Å². The average Bonchev–Trinajstić information content (AvgIpc) is 2.29. The van der Waals surface area contributed by atoms with E-state index in [0.717, 1.165) is 10.8 Å². The number of rotatable bonds is 3. The van der Waals surface area contributed by atoms with Gasteiger partial charge in [-0.2, -0.15) is 0 Å². The number of hydrogen-bond acceptors (Lipinski definition) is 0. The molecule has 0 spiro atoms. The van der Waals surface area contributed by atoms with Crippen LogP contribution >= 0.6 is 0 Å². The number of fused-ring (bicyclic) bond motifs is 1. The first-order valence-corrected chi connectivity index (χ1v) is 5.26. The van der Waals surface area contributed by atoms with Crippen molar-refractivity contribution in [1.82, 2.24) is 0 Å². The number of halogens is 2. The third kappa shape index (κ3) is 2.21. The van der Waals surface area contributed by atoms with Crippen LogP contribution in [0.25, 0.3) is 10.8 Å². The van der Waals surface area contributed by atoms with E-state index in [2.05, 4.69) is 6.92 Å². The molecule has 2 heteroatoms. The molecule has 0 nitrogen and oxygen atoms in total. The van der Waals surface area contributed by atoms with E-state index in [0.29, 0.717) is 5.56 Å². The van der Waals surface area contributed by atoms with E-state index >= 15 is 0 Å². The second-order valence-electron chi connectivity index (χ2n) is 3.92. The lowest BCUT2D eigenvalue weighted by molar-refractivity contribution is 0.00450. The molecule has 0 saturated carbocycles. The van der Waals surface area contributed by atoms with Crippen LogP contribution in [0.4, 0.5) is 8.78 Å². The van der Waals surface area contributed by atoms with Gasteiger partial charge in [0.15, 0.2) is 0 Å². The van der Waals surface area contributed by atoms with Crippen molar-refractivity contribution in [2.45, 2.75) is 18.8 Å². The van der Waals surface area contributed by atoms with E-state index in [1.54, 1.807) is 6.07 Å². The minimum Gasteiger partial charge on any atom is -0.207 e. The van der Waals surface area contributed by atoms with Crippen molar-refractivity contribution in [2.75, 3.05) is 0 Å². The summed E-state index contributed by atoms with van der Waals surface area (Å²) >= 11 is 0. The van der Waals surface area contributed by atoms with Crippen LogP contribution in [0.15, 0.2) is 42.5 Å². The second-order valence-corrected chi connectivity index (χ2v) is 3.92. The van der Waals surface area contributed by atoms with Crippen LogP contribution in [-0.4, -0.2) is 5.92 Å². The Morgan fingerprint density at radius 3 is 2.44 bits per heavy atom. The Labute approximate surface area is 93.9 Å². The minimum absolute atomic E-state index is 0.238. The highest BCUT2D eigenvalue weighted by Gasteiger charge is 2.27. The lowest BCUT2D eigenvalue weighted by atomic mass is 9.98. The summed E-state index contributed by atoms with van der Waals surface area (Å²) in [5.41, 5.74) is 0.687. The number of hydrogen-bond donors (Lipinski definition) is 0. The van der Waals surface area contributed by atoms with Crippen molar-refractivity contribution in [3.8, 4) is 0 Å². The lowest BCUT2D eigenvalue weighted by Gasteiger charge is -2.15. The molecule has 0 aromatic heterocycles. The Bertz CT molecular complexity index is 484. The summed E-state index contributed by atoms with van der Waals surface area (Å²) in [4.78, 5) is 0. The first kappa shape index (κ1) is 11.1. The molecule has 16 heavy (non-hydrogen) atoms. The van der Waals surface area contributed by atoms with Crippen LogP contribution in [0.5, 0.6) is 0 Å². The molecule has 0 aliphatic rings. The van der Waals surface area contributed by atoms with Crippen molar-refractivity contribution < 1.29 is 8.78 Å². The maximum Gasteiger partial charge on any atom is 0.252 e. The quantitative estimate of drug-likeness (QED) is 0.724. The molecule has 0 saturated heterocycles. The molecule has 0 fully saturated rings. The zero-order valence-electron chi connectivity index (χ0n) is 8.92. The van der Waals surface area contributed by atoms with Gasteiger partial charge >= 0.3 is 0 Å². The first-order valence-electron chi connectivity index (χ1n) is 5.26. The summed E-state index contributed by atoms with van der Waals surface area (Å²) in [6, 6.07) is 13.1. The molecular weight excluding hydrogens is 206 g/mol. The summed E-state index contributed by atoms with van der Waals surface area (Å²) < 4.78 is 26.6. The van der Waals surface area contributed by atoms with Crippen LogP contribution in [0.3, 0.4) is 0 Å². The number of alkyl halides is 2. The van der Waals surface area contributed by atoms with Gasteiger partial charge in [-0.25, -0.2) is 8.78 Å². The third-order valence-corrected chi connectivity index (χ3v) is 2.69. The summed E-state index contributed by atoms with van der Waals surface area (Å²) in [6.07, 6.45) is -0.603. The van der Waals surface area contributed by atoms with Crippen LogP contribution in [0, 0.1) is 6.92 Å². The normalized spacial score (nSPS) is 11.9. The van der Waals surface area contributed by atoms with Gasteiger partial charge in [-0.05, 0) is 23.3 Å². The van der Waals surface area contributed by atoms with Crippen molar-refractivity contribution in [1.29, 1.82) is 0 Å². The van der Waals surface area contributed by atoms with E-state index in [1.807, 2.05) is 36.4 Å². The monoisotopic (exact) mass is 219 g/mol. The molecule has 0 bridgehead atoms. The molecule has 2 aromatic rings. The van der Waals surface area contributed by atoms with Gasteiger partial charge in [-0.15, -0.1) is 0 Å². The Kier molecular flexibility index (Phi) is 2.90. The molecule has 0 atom stereocenters. The fourth-order valence-corrected chi connectivity index (χ4v) is 1.81. The summed E-state index contributed by atoms with van der Waals surface area (Å²) in [7, 11) is 0. The largest absolute Gasteiger partial charge is 0.252 e. The summed E-state index contributed by atoms with van der Waals surface area (Å²) in [5, 5.41) is 1.90. The lowest BCUT2D eigenvalue weighted by Crippen LogP contribution is -2.18. The highest BCUT2D eigenvalue weighted by atomic mass is 19.3. The maximum atomic E-state index is 13.3. The van der Waals surface area contributed by atoms with E-state index in [-0.39, 0.29) is 12.8 Å². The Hall–Kier alpha value is -1.44. The molecule has 0 aliphatic heterocycles. The second kappa shape index (κ2) is 4.20. The van der Waals surface area contributed by atoms with E-state index in [1.165, 1.54) is 0 Å². The molecule has 1 radical (unpaired) electrons. The molecule has 0 unspecified atom stereocenters. The van der Waals surface area contributed by atoms with Crippen molar-refractivity contribution in [3.63, 3.8) is 0 Å². The molecule has 83 valence electrons. The van der Waals surface area contributed by atoms with E-state index < -0.39 is 5.92 Å². The fourth-order valence-electron chi connectivity index (χ4n) is 1.81. The zero-order chi connectivity index (χ0) is 11.6. The Balaban J connectivity index is 2.45. The summed E-state index contributed by atoms with van der Waals surface area (Å²) in [5.74, 6) is -2.72. The molecule has 2 aromatic carbocycles. The van der Waals surface area contributed by atoms with Gasteiger partial charge in [0.2, 0.25) is 0 Å². The molecule has 0 N–H and O–H groups in total. The van der Waals surface area contributed by atoms with Crippen LogP contribution in [-0.2, 0) is 6.42 Å². The first-order chi connectivity index (χ1) is 7.62. The van der Waals surface area contributed by atoms with Gasteiger partial charge in [0, 0.05) is 12.8 Å². The minimum atomic E-state index is -2.72. The van der Waals surface area contributed by atoms with Gasteiger partial charge in [0.05, 0.1) is 0 Å². The van der Waals surface area contributed by atoms with Crippen LogP contribution in [0.1, 0.15) is 12.0 Å². The van der Waals surface area contributed by atoms with Gasteiger partial charge in [-0.1, -0.05) is 42.5 Å². The molecule has 0 amide bonds. The molecular formula is C14H13F2. The van der Waals surface area contributed by atoms with Gasteiger partial charge in [0.25, 0.3) is 5.92 Å². The summed E-state index contributed by atoms with van der Waals surface area (Å²) in [6.45, 7) is 3.28. The SMILES string of the molecule is [CH2]CC(F)(F)Cc1cccc2ccccc12. The zero-order valence-corrected chi connectivity index (χ0v) is 8.92. The molecule has 0 aliphatic carbocycles. The average molecular weight is 219 g/mol. The molecule has 2 rings (SSSR count). The fraction of sp³-hybridized carbons (Fsp3) is 0.214. The van der Waals surface area contributed by atoms with Gasteiger partial charge in [0.1, 0.15) is 0 Å². The predicted molar refractivity (Wildman–Crippen MR) is 62.6 cm³/mol. The topological polar surface area (TPSA) is 0 Å². The van der Waals surface area contributed by atoms with Crippen molar-refractivity contribution in [3.05, 3.63) is 55.0 Å². The van der Waals surface area contributed by atoms with E-state index in [4.69, 9.17) is 0 Å². The van der Waals surface area contributed by atoms with Crippen LogP contribution in [0.2, 0.25) is 0 Å². The molecule has 0 heterocycles. The van der Waals surface area contributed by atoms with Crippen molar-refractivity contribution in [2.24, 2.45) is 0 Å². The van der Waals surface area contributed by atoms with Crippen LogP contribution < -0.4 is 0 Å². The highest BCUT2D eigenvalue weighted by Crippen LogP contribution is 2.27. The van der Waals surface area contributed by atoms with Gasteiger partial charge in [-0.3, -0.25) is 0 Å². The highest BCUT2D eigenvalue weighted by molar-refractivity contribution is 5.85.